The van der Waals surface area contributed by atoms with E-state index in [9.17, 15) is 9.18 Å². The summed E-state index contributed by atoms with van der Waals surface area (Å²) in [5.41, 5.74) is 2.82. The highest BCUT2D eigenvalue weighted by Crippen LogP contribution is 2.27. The average molecular weight is 422 g/mol. The highest BCUT2D eigenvalue weighted by molar-refractivity contribution is 9.10. The van der Waals surface area contributed by atoms with Crippen LogP contribution in [0.25, 0.3) is 0 Å². The molecule has 3 rings (SSSR count). The zero-order valence-electron chi connectivity index (χ0n) is 15.8. The Morgan fingerprint density at radius 2 is 2.00 bits per heavy atom. The number of likely N-dealkylation sites (N-methyl/N-ethyl adjacent to an activating group) is 1. The summed E-state index contributed by atoms with van der Waals surface area (Å²) in [6.45, 7) is 7.44. The molecule has 140 valence electrons. The minimum atomic E-state index is -0.453. The van der Waals surface area contributed by atoms with Crippen LogP contribution in [-0.4, -0.2) is 48.5 Å². The van der Waals surface area contributed by atoms with E-state index in [1.165, 1.54) is 23.8 Å². The molecule has 1 fully saturated rings. The molecule has 1 aromatic carbocycles. The van der Waals surface area contributed by atoms with Gasteiger partial charge in [0.25, 0.3) is 0 Å². The van der Waals surface area contributed by atoms with Crippen molar-refractivity contribution in [3.05, 3.63) is 57.5 Å². The molecule has 2 aliphatic rings. The van der Waals surface area contributed by atoms with Gasteiger partial charge in [0.05, 0.1) is 20.1 Å². The van der Waals surface area contributed by atoms with Gasteiger partial charge in [-0.3, -0.25) is 4.48 Å². The summed E-state index contributed by atoms with van der Waals surface area (Å²) in [5, 5.41) is 0. The number of piperazine rings is 1. The van der Waals surface area contributed by atoms with E-state index in [0.29, 0.717) is 23.5 Å². The number of allylic oxidation sites excluding steroid dienone is 3. The molecule has 1 aromatic rings. The number of hydrogen-bond acceptors (Lipinski definition) is 2. The van der Waals surface area contributed by atoms with Gasteiger partial charge in [0, 0.05) is 10.2 Å². The van der Waals surface area contributed by atoms with Gasteiger partial charge in [-0.2, -0.15) is 0 Å². The molecule has 1 atom stereocenters. The van der Waals surface area contributed by atoms with Gasteiger partial charge in [0.15, 0.2) is 0 Å². The molecule has 1 amide bonds. The molecule has 5 heteroatoms. The van der Waals surface area contributed by atoms with Crippen molar-refractivity contribution in [1.82, 2.24) is 4.90 Å². The first-order valence-electron chi connectivity index (χ1n) is 9.28. The molecule has 0 radical (unpaired) electrons. The van der Waals surface area contributed by atoms with Crippen molar-refractivity contribution >= 4 is 21.8 Å². The number of quaternary nitrogens is 1. The number of carbonyl (C=O) groups is 1. The number of nitrogens with zero attached hydrogens (tertiary/aromatic N) is 2. The number of benzene rings is 1. The lowest BCUT2D eigenvalue weighted by molar-refractivity contribution is -0.833. The van der Waals surface area contributed by atoms with E-state index in [2.05, 4.69) is 46.8 Å². The molecule has 1 unspecified atom stereocenters. The molecule has 3 nitrogen and oxygen atoms in total. The molecule has 1 aliphatic heterocycles. The first-order valence-corrected chi connectivity index (χ1v) is 10.1. The van der Waals surface area contributed by atoms with Crippen LogP contribution in [0.1, 0.15) is 37.0 Å². The van der Waals surface area contributed by atoms with E-state index in [0.717, 1.165) is 19.5 Å². The fraction of sp³-hybridized carbons (Fsp3) is 0.476. The van der Waals surface area contributed by atoms with E-state index in [1.807, 2.05) is 7.05 Å². The van der Waals surface area contributed by atoms with E-state index in [4.69, 9.17) is 0 Å². The van der Waals surface area contributed by atoms with Crippen molar-refractivity contribution in [2.24, 2.45) is 5.92 Å². The zero-order chi connectivity index (χ0) is 18.9. The van der Waals surface area contributed by atoms with E-state index < -0.39 is 5.82 Å². The van der Waals surface area contributed by atoms with Gasteiger partial charge in [-0.05, 0) is 49.5 Å². The fourth-order valence-electron chi connectivity index (χ4n) is 3.92. The Morgan fingerprint density at radius 3 is 2.65 bits per heavy atom. The maximum Gasteiger partial charge on any atom is 0.348 e. The van der Waals surface area contributed by atoms with Crippen LogP contribution >= 0.6 is 15.9 Å². The van der Waals surface area contributed by atoms with Crippen LogP contribution in [0.5, 0.6) is 0 Å². The van der Waals surface area contributed by atoms with E-state index in [1.54, 1.807) is 12.1 Å². The Bertz CT molecular complexity index is 763. The minimum Gasteiger partial charge on any atom is -0.360 e. The summed E-state index contributed by atoms with van der Waals surface area (Å²) in [5.74, 6) is 0.0207. The maximum atomic E-state index is 14.2. The number of rotatable bonds is 2. The molecule has 0 N–H and O–H groups in total. The van der Waals surface area contributed by atoms with Gasteiger partial charge >= 0.3 is 5.91 Å². The second-order valence-electron chi connectivity index (χ2n) is 7.75. The maximum absolute atomic E-state index is 14.2. The topological polar surface area (TPSA) is 20.3 Å². The SMILES string of the molecule is CC1=CC(C)CCC=C1N1CC[N+](C)(C(=O)c2ccc(Br)cc2F)CC1. The van der Waals surface area contributed by atoms with Gasteiger partial charge < -0.3 is 4.90 Å². The summed E-state index contributed by atoms with van der Waals surface area (Å²) in [6, 6.07) is 4.67. The summed E-state index contributed by atoms with van der Waals surface area (Å²) in [7, 11) is 1.92. The number of amides is 1. The van der Waals surface area contributed by atoms with Crippen LogP contribution in [-0.2, 0) is 0 Å². The molecule has 1 saturated heterocycles. The number of halogens is 2. The monoisotopic (exact) mass is 421 g/mol. The molecular weight excluding hydrogens is 395 g/mol. The third-order valence-corrected chi connectivity index (χ3v) is 6.11. The highest BCUT2D eigenvalue weighted by Gasteiger charge is 2.38. The van der Waals surface area contributed by atoms with E-state index >= 15 is 0 Å². The van der Waals surface area contributed by atoms with E-state index in [-0.39, 0.29) is 16.0 Å². The zero-order valence-corrected chi connectivity index (χ0v) is 17.4. The van der Waals surface area contributed by atoms with Gasteiger partial charge in [-0.25, -0.2) is 9.18 Å². The third kappa shape index (κ3) is 3.94. The van der Waals surface area contributed by atoms with Crippen LogP contribution in [0.15, 0.2) is 46.1 Å². The van der Waals surface area contributed by atoms with Crippen molar-refractivity contribution in [1.29, 1.82) is 0 Å². The van der Waals surface area contributed by atoms with Crippen LogP contribution in [0.3, 0.4) is 0 Å². The standard InChI is InChI=1S/C21H27BrFN2O/c1-15-5-4-6-20(16(2)13-15)24-9-11-25(3,12-10-24)21(26)18-8-7-17(22)14-19(18)23/h6-8,13-15H,4-5,9-12H2,1-3H3/q+1. The summed E-state index contributed by atoms with van der Waals surface area (Å²) < 4.78 is 15.1. The number of hydrogen-bond donors (Lipinski definition) is 0. The summed E-state index contributed by atoms with van der Waals surface area (Å²) in [6.07, 6.45) is 6.96. The highest BCUT2D eigenvalue weighted by atomic mass is 79.9. The smallest absolute Gasteiger partial charge is 0.348 e. The lowest BCUT2D eigenvalue weighted by Gasteiger charge is -2.41. The van der Waals surface area contributed by atoms with Crippen molar-refractivity contribution in [3.8, 4) is 0 Å². The number of carbonyl (C=O) groups excluding carboxylic acids is 1. The second kappa shape index (κ2) is 7.65. The van der Waals surface area contributed by atoms with Gasteiger partial charge in [0.2, 0.25) is 0 Å². The van der Waals surface area contributed by atoms with Crippen LogP contribution in [0.2, 0.25) is 0 Å². The molecular formula is C21H27BrFN2O+. The van der Waals surface area contributed by atoms with Gasteiger partial charge in [-0.1, -0.05) is 35.0 Å². The minimum absolute atomic E-state index is 0.134. The molecule has 1 aliphatic carbocycles. The molecule has 0 spiro atoms. The van der Waals surface area contributed by atoms with Gasteiger partial charge in [-0.15, -0.1) is 0 Å². The Balaban J connectivity index is 1.73. The average Bonchev–Trinajstić information content (AvgIpc) is 2.75. The fourth-order valence-corrected chi connectivity index (χ4v) is 4.26. The van der Waals surface area contributed by atoms with Gasteiger partial charge in [0.1, 0.15) is 24.5 Å². The van der Waals surface area contributed by atoms with Crippen molar-refractivity contribution in [2.45, 2.75) is 26.7 Å². The van der Waals surface area contributed by atoms with Crippen LogP contribution in [0, 0.1) is 11.7 Å². The van der Waals surface area contributed by atoms with Crippen LogP contribution in [0.4, 0.5) is 4.39 Å². The van der Waals surface area contributed by atoms with Crippen LogP contribution < -0.4 is 0 Å². The quantitative estimate of drug-likeness (QED) is 0.642. The van der Waals surface area contributed by atoms with Crippen molar-refractivity contribution < 1.29 is 13.7 Å². The molecule has 1 heterocycles. The summed E-state index contributed by atoms with van der Waals surface area (Å²) >= 11 is 3.25. The predicted octanol–water partition coefficient (Wildman–Crippen LogP) is 4.75. The summed E-state index contributed by atoms with van der Waals surface area (Å²) in [4.78, 5) is 15.4. The molecule has 0 bridgehead atoms. The van der Waals surface area contributed by atoms with Crippen molar-refractivity contribution in [2.75, 3.05) is 33.2 Å². The Kier molecular flexibility index (Phi) is 5.68. The molecule has 26 heavy (non-hydrogen) atoms. The third-order valence-electron chi connectivity index (χ3n) is 5.62. The van der Waals surface area contributed by atoms with Crippen molar-refractivity contribution in [3.63, 3.8) is 0 Å². The first kappa shape index (κ1) is 19.3. The molecule has 0 saturated carbocycles. The predicted molar refractivity (Wildman–Crippen MR) is 106 cm³/mol. The molecule has 0 aromatic heterocycles. The first-order chi connectivity index (χ1) is 12.3. The Labute approximate surface area is 163 Å². The lowest BCUT2D eigenvalue weighted by Crippen LogP contribution is -2.60. The largest absolute Gasteiger partial charge is 0.360 e. The Hall–Kier alpha value is -1.46. The lowest BCUT2D eigenvalue weighted by atomic mass is 10.1. The normalized spacial score (nSPS) is 23.1. The second-order valence-corrected chi connectivity index (χ2v) is 8.67. The Morgan fingerprint density at radius 1 is 1.31 bits per heavy atom.